The smallest absolute Gasteiger partial charge is 0.285 e. The largest absolute Gasteiger partial charge is 0.324 e. The summed E-state index contributed by atoms with van der Waals surface area (Å²) in [4.78, 5) is 21.4. The number of aromatic nitrogens is 2. The molecule has 0 saturated heterocycles. The quantitative estimate of drug-likeness (QED) is 0.668. The van der Waals surface area contributed by atoms with E-state index in [0.29, 0.717) is 0 Å². The summed E-state index contributed by atoms with van der Waals surface area (Å²) < 4.78 is 0. The van der Waals surface area contributed by atoms with Crippen molar-refractivity contribution in [1.82, 2.24) is 10.2 Å². The molecule has 1 heterocycles. The summed E-state index contributed by atoms with van der Waals surface area (Å²) in [5.74, 6) is -0.302. The second-order valence-corrected chi connectivity index (χ2v) is 2.49. The molecule has 1 aromatic heterocycles. The molecule has 0 aliphatic rings. The predicted molar refractivity (Wildman–Crippen MR) is 44.2 cm³/mol. The van der Waals surface area contributed by atoms with Crippen molar-refractivity contribution >= 4 is 23.2 Å². The molecule has 1 rings (SSSR count). The van der Waals surface area contributed by atoms with Gasteiger partial charge >= 0.3 is 0 Å². The van der Waals surface area contributed by atoms with E-state index in [1.54, 1.807) is 0 Å². The van der Waals surface area contributed by atoms with Crippen molar-refractivity contribution in [3.63, 3.8) is 0 Å². The Hall–Kier alpha value is -1.36. The minimum absolute atomic E-state index is 0.0693. The second kappa shape index (κ2) is 3.36. The average Bonchev–Trinajstić information content (AvgIpc) is 1.98. The van der Waals surface area contributed by atoms with Crippen LogP contribution in [0.25, 0.3) is 0 Å². The highest BCUT2D eigenvalue weighted by Crippen LogP contribution is 2.13. The number of amides is 1. The molecule has 0 aliphatic carbocycles. The Balaban J connectivity index is 3.08. The van der Waals surface area contributed by atoms with Gasteiger partial charge in [-0.15, -0.1) is 0 Å². The molecule has 0 radical (unpaired) electrons. The normalized spacial score (nSPS) is 9.50. The monoisotopic (exact) mass is 187 g/mol. The number of carbonyl (C=O) groups is 1. The molecule has 0 unspecified atom stereocenters. The number of hydrogen-bond acceptors (Lipinski definition) is 3. The first-order valence-electron chi connectivity index (χ1n) is 3.12. The zero-order valence-corrected chi connectivity index (χ0v) is 6.97. The Morgan fingerprint density at radius 1 is 1.75 bits per heavy atom. The summed E-state index contributed by atoms with van der Waals surface area (Å²) in [7, 11) is 0. The van der Waals surface area contributed by atoms with Crippen LogP contribution in [0, 0.1) is 0 Å². The molecule has 1 amide bonds. The molecular formula is C6H6ClN3O2. The molecule has 0 aliphatic heterocycles. The zero-order chi connectivity index (χ0) is 9.14. The van der Waals surface area contributed by atoms with Crippen molar-refractivity contribution in [2.75, 3.05) is 5.32 Å². The highest BCUT2D eigenvalue weighted by atomic mass is 35.5. The Labute approximate surface area is 72.7 Å². The van der Waals surface area contributed by atoms with Crippen LogP contribution in [0.4, 0.5) is 5.69 Å². The maximum atomic E-state index is 10.8. The van der Waals surface area contributed by atoms with Crippen LogP contribution in [0.1, 0.15) is 6.92 Å². The number of nitrogens with zero attached hydrogens (tertiary/aromatic N) is 1. The Kier molecular flexibility index (Phi) is 2.44. The first kappa shape index (κ1) is 8.73. The standard InChI is InChI=1S/C6H6ClN3O2/c1-3(11)9-4-2-8-10-6(12)5(4)7/h2H,1H3,(H2,9,10,11,12). The van der Waals surface area contributed by atoms with Gasteiger partial charge < -0.3 is 5.32 Å². The van der Waals surface area contributed by atoms with Gasteiger partial charge in [0.05, 0.1) is 11.9 Å². The average molecular weight is 188 g/mol. The molecule has 0 fully saturated rings. The van der Waals surface area contributed by atoms with Crippen LogP contribution >= 0.6 is 11.6 Å². The summed E-state index contributed by atoms with van der Waals surface area (Å²) in [5.41, 5.74) is -0.309. The first-order chi connectivity index (χ1) is 5.61. The van der Waals surface area contributed by atoms with Crippen LogP contribution in [-0.2, 0) is 4.79 Å². The number of aromatic amines is 1. The van der Waals surface area contributed by atoms with Crippen LogP contribution in [0.3, 0.4) is 0 Å². The zero-order valence-electron chi connectivity index (χ0n) is 6.22. The fourth-order valence-corrected chi connectivity index (χ4v) is 0.799. The number of halogens is 1. The number of anilines is 1. The van der Waals surface area contributed by atoms with Gasteiger partial charge in [-0.1, -0.05) is 11.6 Å². The van der Waals surface area contributed by atoms with E-state index in [-0.39, 0.29) is 16.6 Å². The molecule has 0 atom stereocenters. The number of hydrogen-bond donors (Lipinski definition) is 2. The van der Waals surface area contributed by atoms with E-state index in [9.17, 15) is 9.59 Å². The summed E-state index contributed by atoms with van der Waals surface area (Å²) in [6.07, 6.45) is 1.27. The third-order valence-corrected chi connectivity index (χ3v) is 1.48. The number of carbonyl (C=O) groups excluding carboxylic acids is 1. The maximum absolute atomic E-state index is 10.8. The van der Waals surface area contributed by atoms with Crippen LogP contribution in [-0.4, -0.2) is 16.1 Å². The Bertz CT molecular complexity index is 360. The van der Waals surface area contributed by atoms with E-state index in [2.05, 4.69) is 15.5 Å². The van der Waals surface area contributed by atoms with Gasteiger partial charge in [0.2, 0.25) is 5.91 Å². The van der Waals surface area contributed by atoms with Crippen molar-refractivity contribution in [2.45, 2.75) is 6.92 Å². The van der Waals surface area contributed by atoms with E-state index in [4.69, 9.17) is 11.6 Å². The van der Waals surface area contributed by atoms with E-state index in [1.807, 2.05) is 0 Å². The van der Waals surface area contributed by atoms with Crippen molar-refractivity contribution < 1.29 is 4.79 Å². The molecule has 0 bridgehead atoms. The van der Waals surface area contributed by atoms with Gasteiger partial charge in [0, 0.05) is 6.92 Å². The molecule has 2 N–H and O–H groups in total. The second-order valence-electron chi connectivity index (χ2n) is 2.11. The fourth-order valence-electron chi connectivity index (χ4n) is 0.660. The van der Waals surface area contributed by atoms with Crippen LogP contribution in [0.5, 0.6) is 0 Å². The van der Waals surface area contributed by atoms with Gasteiger partial charge in [-0.3, -0.25) is 9.59 Å². The van der Waals surface area contributed by atoms with Crippen molar-refractivity contribution in [2.24, 2.45) is 0 Å². The van der Waals surface area contributed by atoms with Crippen molar-refractivity contribution in [1.29, 1.82) is 0 Å². The van der Waals surface area contributed by atoms with Crippen LogP contribution in [0.2, 0.25) is 5.02 Å². The molecule has 1 aromatic rings. The van der Waals surface area contributed by atoms with Crippen molar-refractivity contribution in [3.8, 4) is 0 Å². The minimum Gasteiger partial charge on any atom is -0.324 e. The molecule has 0 saturated carbocycles. The third kappa shape index (κ3) is 1.82. The summed E-state index contributed by atoms with van der Waals surface area (Å²) in [5, 5.41) is 7.88. The SMILES string of the molecule is CC(=O)Nc1cn[nH]c(=O)c1Cl. The molecule has 12 heavy (non-hydrogen) atoms. The molecule has 5 nitrogen and oxygen atoms in total. The maximum Gasteiger partial charge on any atom is 0.285 e. The van der Waals surface area contributed by atoms with Crippen molar-refractivity contribution in [3.05, 3.63) is 21.6 Å². The first-order valence-corrected chi connectivity index (χ1v) is 3.50. The van der Waals surface area contributed by atoms with Gasteiger partial charge in [0.25, 0.3) is 5.56 Å². The summed E-state index contributed by atoms with van der Waals surface area (Å²) in [6.45, 7) is 1.32. The number of rotatable bonds is 1. The van der Waals surface area contributed by atoms with Crippen LogP contribution in [0.15, 0.2) is 11.0 Å². The lowest BCUT2D eigenvalue weighted by Crippen LogP contribution is -2.14. The minimum atomic E-state index is -0.525. The molecule has 6 heteroatoms. The summed E-state index contributed by atoms with van der Waals surface area (Å²) in [6, 6.07) is 0. The van der Waals surface area contributed by atoms with Gasteiger partial charge in [0.1, 0.15) is 5.02 Å². The molecule has 0 aromatic carbocycles. The number of nitrogens with one attached hydrogen (secondary N) is 2. The van der Waals surface area contributed by atoms with Gasteiger partial charge in [-0.2, -0.15) is 5.10 Å². The fraction of sp³-hybridized carbons (Fsp3) is 0.167. The van der Waals surface area contributed by atoms with E-state index in [0.717, 1.165) is 0 Å². The number of H-pyrrole nitrogens is 1. The molecule has 0 spiro atoms. The van der Waals surface area contributed by atoms with Crippen LogP contribution < -0.4 is 10.9 Å². The molecular weight excluding hydrogens is 182 g/mol. The lowest BCUT2D eigenvalue weighted by atomic mass is 10.4. The third-order valence-electron chi connectivity index (χ3n) is 1.11. The van der Waals surface area contributed by atoms with E-state index in [1.165, 1.54) is 13.1 Å². The predicted octanol–water partition coefficient (Wildman–Crippen LogP) is 0.382. The highest BCUT2D eigenvalue weighted by Gasteiger charge is 2.04. The topological polar surface area (TPSA) is 74.8 Å². The van der Waals surface area contributed by atoms with Gasteiger partial charge in [0.15, 0.2) is 0 Å². The van der Waals surface area contributed by atoms with E-state index < -0.39 is 5.56 Å². The highest BCUT2D eigenvalue weighted by molar-refractivity contribution is 6.33. The summed E-state index contributed by atoms with van der Waals surface area (Å²) >= 11 is 5.54. The lowest BCUT2D eigenvalue weighted by molar-refractivity contribution is -0.114. The molecule has 64 valence electrons. The Morgan fingerprint density at radius 3 is 3.00 bits per heavy atom. The Morgan fingerprint density at radius 2 is 2.42 bits per heavy atom. The van der Waals surface area contributed by atoms with Gasteiger partial charge in [-0.05, 0) is 0 Å². The lowest BCUT2D eigenvalue weighted by Gasteiger charge is -2.00. The van der Waals surface area contributed by atoms with E-state index >= 15 is 0 Å². The van der Waals surface area contributed by atoms with Gasteiger partial charge in [-0.25, -0.2) is 5.10 Å².